The number of halogens is 5. The number of fused-ring (bicyclic) bond motifs is 4. The van der Waals surface area contributed by atoms with E-state index in [-0.39, 0.29) is 76.7 Å². The largest absolute Gasteiger partial charge is 0.465 e. The fourth-order valence-electron chi connectivity index (χ4n) is 19.3. The zero-order chi connectivity index (χ0) is 100. The van der Waals surface area contributed by atoms with Gasteiger partial charge in [0.15, 0.2) is 0 Å². The highest BCUT2D eigenvalue weighted by molar-refractivity contribution is 6.31. The Bertz CT molecular complexity index is 7250. The van der Waals surface area contributed by atoms with E-state index in [0.29, 0.717) is 197 Å². The summed E-state index contributed by atoms with van der Waals surface area (Å²) in [6.45, 7) is 7.50. The SMILES string of the molecule is COC(=O)c1cccc(NC(=O)C2CCN(C(=O)c3cc4ccccc4n3Cc3ccc(Cl)cc3)CC2)c1.O=C(NCCc1ccccc1)C1CCN(C(=O)c2cc3ccccc3n2Cc2ccc(Cl)cc2)CC1.O=C(NCc1cccc(F)c1)C1CCN(C(=O)c2cc3ccccc3n2Cc2ccc(Cl)cc2)CC1.O=C(Nc1ccccc1)C1CCN(C(=O)c2cc3ccccc3n2Cc2ccc(Cl)cc2)CC1. The molecule has 144 heavy (non-hydrogen) atoms. The summed E-state index contributed by atoms with van der Waals surface area (Å²) in [4.78, 5) is 125. The summed E-state index contributed by atoms with van der Waals surface area (Å²) >= 11 is 24.2. The monoisotopic (exact) mass is 2000 g/mol. The van der Waals surface area contributed by atoms with E-state index >= 15 is 0 Å². The van der Waals surface area contributed by atoms with Gasteiger partial charge in [0.1, 0.15) is 28.6 Å². The summed E-state index contributed by atoms with van der Waals surface area (Å²) in [7, 11) is 1.32. The molecule has 4 N–H and O–H groups in total. The second kappa shape index (κ2) is 47.8. The average Bonchev–Trinajstić information content (AvgIpc) is 1.64. The van der Waals surface area contributed by atoms with Gasteiger partial charge in [0.25, 0.3) is 23.6 Å². The molecular formula is C117H111Cl4FN12O10. The summed E-state index contributed by atoms with van der Waals surface area (Å²) < 4.78 is 26.4. The average molecular weight is 2010 g/mol. The van der Waals surface area contributed by atoms with Gasteiger partial charge in [0.2, 0.25) is 23.6 Å². The van der Waals surface area contributed by atoms with Gasteiger partial charge in [-0.1, -0.05) is 234 Å². The molecule has 0 saturated carbocycles. The molecular weight excluding hydrogens is 1890 g/mol. The lowest BCUT2D eigenvalue weighted by molar-refractivity contribution is -0.127. The molecule has 20 rings (SSSR count). The molecule has 4 aromatic heterocycles. The number of carbonyl (C=O) groups excluding carboxylic acids is 9. The lowest BCUT2D eigenvalue weighted by Crippen LogP contribution is -2.43. The molecule has 0 atom stereocenters. The Balaban J connectivity index is 0.000000132. The van der Waals surface area contributed by atoms with Crippen molar-refractivity contribution in [2.45, 2.75) is 90.5 Å². The van der Waals surface area contributed by atoms with Crippen LogP contribution in [0.3, 0.4) is 0 Å². The third-order valence-corrected chi connectivity index (χ3v) is 28.3. The number of likely N-dealkylation sites (tertiary alicyclic amines) is 4. The number of esters is 1. The number of amides is 8. The maximum absolute atomic E-state index is 13.7. The summed E-state index contributed by atoms with van der Waals surface area (Å²) in [6, 6.07) is 103. The predicted octanol–water partition coefficient (Wildman–Crippen LogP) is 22.7. The van der Waals surface area contributed by atoms with Crippen LogP contribution >= 0.6 is 46.4 Å². The number of rotatable bonds is 24. The van der Waals surface area contributed by atoms with Gasteiger partial charge in [-0.25, -0.2) is 9.18 Å². The van der Waals surface area contributed by atoms with Gasteiger partial charge in [-0.3, -0.25) is 38.4 Å². The van der Waals surface area contributed by atoms with Crippen LogP contribution in [0.1, 0.15) is 137 Å². The number of anilines is 2. The number of ether oxygens (including phenoxy) is 1. The van der Waals surface area contributed by atoms with Gasteiger partial charge in [0, 0.05) is 190 Å². The van der Waals surface area contributed by atoms with Crippen LogP contribution in [0.5, 0.6) is 0 Å². The van der Waals surface area contributed by atoms with Crippen LogP contribution in [0.4, 0.5) is 15.8 Å². The van der Waals surface area contributed by atoms with Crippen molar-refractivity contribution >= 4 is 155 Å². The molecule has 4 saturated heterocycles. The standard InChI is InChI=1S/C30H28ClN3O4.C30H30ClN3O2.C29H27ClFN3O2.C28H26ClN3O2/c1-38-30(37)23-6-4-7-25(17-23)32-28(35)21-13-15-33(16-14-21)29(36)27-18-22-5-2-3-8-26(22)34(27)19-20-9-11-24(31)12-10-20;31-26-12-10-23(11-13-26)21-34-27-9-5-4-8-25(27)20-28(34)30(36)33-18-15-24(16-19-33)29(35)32-17-14-22-6-2-1-3-7-22;30-24-10-8-20(9-11-24)19-34-26-7-2-1-5-23(26)17-27(34)29(36)33-14-12-22(13-15-33)28(35)32-18-21-4-3-6-25(31)16-21;29-23-12-10-20(11-13-23)19-32-25-9-5-4-6-22(25)18-26(32)28(34)31-16-14-21(15-17-31)27(33)30-24-7-2-1-3-8-24/h2-12,17-18,21H,13-16,19H2,1H3,(H,32,35);1-13,20,24H,14-19,21H2,(H,32,35);1-11,16-17,22H,12-15,18-19H2,(H,32,35);1-13,18,21H,14-17,19H2,(H,30,33). The summed E-state index contributed by atoms with van der Waals surface area (Å²) in [5.74, 6) is -1.40. The number of nitrogens with one attached hydrogen (secondary N) is 4. The molecule has 0 radical (unpaired) electrons. The molecule has 27 heteroatoms. The molecule has 4 fully saturated rings. The van der Waals surface area contributed by atoms with Crippen LogP contribution in [-0.4, -0.2) is 157 Å². The van der Waals surface area contributed by atoms with Crippen LogP contribution in [0.2, 0.25) is 20.1 Å². The lowest BCUT2D eigenvalue weighted by atomic mass is 9.95. The zero-order valence-corrected chi connectivity index (χ0v) is 82.8. The number of carbonyl (C=O) groups is 9. The molecule has 4 aliphatic rings. The van der Waals surface area contributed by atoms with Crippen LogP contribution in [0.25, 0.3) is 43.6 Å². The molecule has 16 aromatic rings. The Morgan fingerprint density at radius 2 is 0.590 bits per heavy atom. The first-order valence-electron chi connectivity index (χ1n) is 48.7. The van der Waals surface area contributed by atoms with Gasteiger partial charge in [0.05, 0.1) is 12.7 Å². The Morgan fingerprint density at radius 1 is 0.299 bits per heavy atom. The van der Waals surface area contributed by atoms with Crippen molar-refractivity contribution < 1.29 is 52.3 Å². The Kier molecular flexibility index (Phi) is 33.4. The second-order valence-corrected chi connectivity index (χ2v) is 38.5. The molecule has 734 valence electrons. The van der Waals surface area contributed by atoms with Crippen molar-refractivity contribution in [3.63, 3.8) is 0 Å². The number of piperidine rings is 4. The number of hydrogen-bond acceptors (Lipinski definition) is 10. The first-order valence-corrected chi connectivity index (χ1v) is 50.3. The number of para-hydroxylation sites is 5. The van der Waals surface area contributed by atoms with E-state index in [1.165, 1.54) is 24.8 Å². The molecule has 0 spiro atoms. The van der Waals surface area contributed by atoms with E-state index in [1.54, 1.807) is 36.4 Å². The van der Waals surface area contributed by atoms with Gasteiger partial charge < -0.3 is 63.9 Å². The van der Waals surface area contributed by atoms with E-state index in [4.69, 9.17) is 51.1 Å². The van der Waals surface area contributed by atoms with Gasteiger partial charge >= 0.3 is 5.97 Å². The fraction of sp³-hybridized carbons (Fsp3) is 0.239. The Labute approximate surface area is 855 Å². The molecule has 8 heterocycles. The van der Waals surface area contributed by atoms with Crippen LogP contribution in [-0.2, 0) is 63.1 Å². The molecule has 4 aliphatic heterocycles. The smallest absolute Gasteiger partial charge is 0.337 e. The number of nitrogens with zero attached hydrogens (tertiary/aromatic N) is 8. The van der Waals surface area contributed by atoms with Crippen molar-refractivity contribution in [3.8, 4) is 0 Å². The topological polar surface area (TPSA) is 244 Å². The van der Waals surface area contributed by atoms with Crippen molar-refractivity contribution in [3.05, 3.63) is 415 Å². The van der Waals surface area contributed by atoms with Gasteiger partial charge in [-0.2, -0.15) is 0 Å². The second-order valence-electron chi connectivity index (χ2n) is 36.8. The van der Waals surface area contributed by atoms with E-state index < -0.39 is 5.97 Å². The Morgan fingerprint density at radius 3 is 0.931 bits per heavy atom. The minimum atomic E-state index is -0.457. The van der Waals surface area contributed by atoms with Gasteiger partial charge in [-0.15, -0.1) is 0 Å². The van der Waals surface area contributed by atoms with Crippen molar-refractivity contribution in [2.75, 3.05) is 76.6 Å². The van der Waals surface area contributed by atoms with Gasteiger partial charge in [-0.05, 0) is 231 Å². The first-order chi connectivity index (χ1) is 70.1. The summed E-state index contributed by atoms with van der Waals surface area (Å²) in [6.07, 6.45) is 5.81. The molecule has 0 bridgehead atoms. The third-order valence-electron chi connectivity index (χ3n) is 27.3. The van der Waals surface area contributed by atoms with E-state index in [2.05, 4.69) is 47.1 Å². The third kappa shape index (κ3) is 25.4. The highest BCUT2D eigenvalue weighted by atomic mass is 35.5. The van der Waals surface area contributed by atoms with E-state index in [1.807, 2.05) is 291 Å². The maximum Gasteiger partial charge on any atom is 0.337 e. The minimum absolute atomic E-state index is 0.00656. The van der Waals surface area contributed by atoms with Crippen LogP contribution in [0.15, 0.2) is 328 Å². The maximum atomic E-state index is 13.7. The summed E-state index contributed by atoms with van der Waals surface area (Å²) in [5, 5.41) is 18.7. The lowest BCUT2D eigenvalue weighted by Gasteiger charge is -2.31. The Hall–Kier alpha value is -14.9. The molecule has 0 aliphatic carbocycles. The fourth-order valence-corrected chi connectivity index (χ4v) is 19.8. The normalized spacial score (nSPS) is 14.2. The highest BCUT2D eigenvalue weighted by Crippen LogP contribution is 2.34. The molecule has 22 nitrogen and oxygen atoms in total. The van der Waals surface area contributed by atoms with Crippen molar-refractivity contribution in [1.29, 1.82) is 0 Å². The van der Waals surface area contributed by atoms with Crippen LogP contribution < -0.4 is 21.3 Å². The number of hydrogen-bond donors (Lipinski definition) is 4. The number of benzene rings is 12. The van der Waals surface area contributed by atoms with Crippen molar-refractivity contribution in [2.24, 2.45) is 23.7 Å². The van der Waals surface area contributed by atoms with Crippen molar-refractivity contribution in [1.82, 2.24) is 48.5 Å². The minimum Gasteiger partial charge on any atom is -0.465 e. The predicted molar refractivity (Wildman–Crippen MR) is 567 cm³/mol. The molecule has 12 aromatic carbocycles. The number of methoxy groups -OCH3 is 1. The number of aromatic nitrogens is 4. The van der Waals surface area contributed by atoms with E-state index in [9.17, 15) is 47.5 Å². The highest BCUT2D eigenvalue weighted by Gasteiger charge is 2.36. The van der Waals surface area contributed by atoms with Crippen LogP contribution in [0, 0.1) is 29.5 Å². The zero-order valence-electron chi connectivity index (χ0n) is 79.8. The molecule has 8 amide bonds. The first kappa shape index (κ1) is 101. The molecule has 0 unspecified atom stereocenters. The quantitative estimate of drug-likeness (QED) is 0.0417. The van der Waals surface area contributed by atoms with E-state index in [0.717, 1.165) is 83.5 Å². The summed E-state index contributed by atoms with van der Waals surface area (Å²) in [5.41, 5.74) is 14.6.